The van der Waals surface area contributed by atoms with Crippen LogP contribution in [-0.4, -0.2) is 10.1 Å². The molecule has 16 heavy (non-hydrogen) atoms. The van der Waals surface area contributed by atoms with Crippen molar-refractivity contribution in [2.45, 2.75) is 20.0 Å². The minimum absolute atomic E-state index is 0.0316. The third-order valence-electron chi connectivity index (χ3n) is 2.47. The van der Waals surface area contributed by atoms with Crippen LogP contribution in [0.3, 0.4) is 0 Å². The molecule has 0 aliphatic heterocycles. The van der Waals surface area contributed by atoms with Gasteiger partial charge in [0.2, 0.25) is 0 Å². The zero-order valence-corrected chi connectivity index (χ0v) is 8.96. The molecule has 0 saturated heterocycles. The lowest BCUT2D eigenvalue weighted by molar-refractivity contribution is 0.200. The van der Waals surface area contributed by atoms with Crippen LogP contribution in [0.15, 0.2) is 18.2 Å². The lowest BCUT2D eigenvalue weighted by atomic mass is 10.0. The zero-order valence-electron chi connectivity index (χ0n) is 8.96. The van der Waals surface area contributed by atoms with Gasteiger partial charge in [0.15, 0.2) is 0 Å². The molecule has 0 radical (unpaired) electrons. The summed E-state index contributed by atoms with van der Waals surface area (Å²) in [6.07, 6.45) is -0.861. The molecule has 2 nitrogen and oxygen atoms in total. The van der Waals surface area contributed by atoms with Crippen LogP contribution in [0.25, 0.3) is 10.9 Å². The highest BCUT2D eigenvalue weighted by Crippen LogP contribution is 2.27. The number of halogens is 2. The molecule has 0 aliphatic carbocycles. The van der Waals surface area contributed by atoms with Crippen molar-refractivity contribution in [1.29, 1.82) is 0 Å². The number of nitrogens with zero attached hydrogens (tertiary/aromatic N) is 1. The molecule has 2 aromatic rings. The largest absolute Gasteiger partial charge is 0.389 e. The summed E-state index contributed by atoms with van der Waals surface area (Å²) >= 11 is 0. The quantitative estimate of drug-likeness (QED) is 0.806. The third-order valence-corrected chi connectivity index (χ3v) is 2.47. The molecule has 0 saturated carbocycles. The van der Waals surface area contributed by atoms with Gasteiger partial charge < -0.3 is 5.11 Å². The highest BCUT2D eigenvalue weighted by Gasteiger charge is 2.15. The third kappa shape index (κ3) is 1.65. The van der Waals surface area contributed by atoms with Crippen molar-refractivity contribution < 1.29 is 13.9 Å². The van der Waals surface area contributed by atoms with Crippen LogP contribution >= 0.6 is 0 Å². The van der Waals surface area contributed by atoms with E-state index in [2.05, 4.69) is 4.98 Å². The highest BCUT2D eigenvalue weighted by molar-refractivity contribution is 5.84. The number of rotatable bonds is 1. The van der Waals surface area contributed by atoms with E-state index in [1.54, 1.807) is 13.0 Å². The van der Waals surface area contributed by atoms with Gasteiger partial charge in [0.25, 0.3) is 0 Å². The molecule has 0 aliphatic rings. The predicted molar refractivity (Wildman–Crippen MR) is 57.0 cm³/mol. The number of benzene rings is 1. The van der Waals surface area contributed by atoms with Gasteiger partial charge >= 0.3 is 0 Å². The first kappa shape index (κ1) is 11.0. The Balaban J connectivity index is 2.95. The van der Waals surface area contributed by atoms with Gasteiger partial charge in [-0.3, -0.25) is 0 Å². The molecule has 1 atom stereocenters. The summed E-state index contributed by atoms with van der Waals surface area (Å²) in [4.78, 5) is 3.95. The first-order valence-corrected chi connectivity index (χ1v) is 4.94. The fourth-order valence-electron chi connectivity index (χ4n) is 1.76. The van der Waals surface area contributed by atoms with Crippen molar-refractivity contribution in [2.75, 3.05) is 0 Å². The van der Waals surface area contributed by atoms with E-state index in [-0.39, 0.29) is 10.9 Å². The smallest absolute Gasteiger partial charge is 0.149 e. The van der Waals surface area contributed by atoms with E-state index in [1.807, 2.05) is 0 Å². The molecule has 4 heteroatoms. The lowest BCUT2D eigenvalue weighted by Gasteiger charge is -2.11. The molecule has 1 aromatic carbocycles. The average Bonchev–Trinajstić information content (AvgIpc) is 2.22. The van der Waals surface area contributed by atoms with Crippen LogP contribution in [0, 0.1) is 18.6 Å². The number of hydrogen-bond donors (Lipinski definition) is 1. The minimum Gasteiger partial charge on any atom is -0.389 e. The van der Waals surface area contributed by atoms with Crippen LogP contribution in [0.4, 0.5) is 8.78 Å². The Morgan fingerprint density at radius 3 is 2.50 bits per heavy atom. The Hall–Kier alpha value is -1.55. The number of aryl methyl sites for hydroxylation is 1. The molecular formula is C12H11F2NO. The second kappa shape index (κ2) is 3.79. The molecule has 2 rings (SSSR count). The summed E-state index contributed by atoms with van der Waals surface area (Å²) in [5.41, 5.74) is 0.878. The van der Waals surface area contributed by atoms with Gasteiger partial charge in [-0.05, 0) is 37.6 Å². The number of aliphatic hydroxyl groups excluding tert-OH is 1. The molecular weight excluding hydrogens is 212 g/mol. The fourth-order valence-corrected chi connectivity index (χ4v) is 1.76. The van der Waals surface area contributed by atoms with Crippen LogP contribution < -0.4 is 0 Å². The van der Waals surface area contributed by atoms with Crippen LogP contribution in [-0.2, 0) is 0 Å². The SMILES string of the molecule is Cc1cc(C(C)O)c2c(F)ccc(F)c2n1. The van der Waals surface area contributed by atoms with Gasteiger partial charge in [0.05, 0.1) is 6.10 Å². The van der Waals surface area contributed by atoms with Crippen molar-refractivity contribution in [1.82, 2.24) is 4.98 Å². The number of aromatic nitrogens is 1. The molecule has 1 N–H and O–H groups in total. The number of aliphatic hydroxyl groups is 1. The van der Waals surface area contributed by atoms with Crippen LogP contribution in [0.1, 0.15) is 24.3 Å². The summed E-state index contributed by atoms with van der Waals surface area (Å²) in [5.74, 6) is -1.15. The second-order valence-corrected chi connectivity index (χ2v) is 3.78. The Bertz CT molecular complexity index is 552. The fraction of sp³-hybridized carbons (Fsp3) is 0.250. The molecule has 0 spiro atoms. The topological polar surface area (TPSA) is 33.1 Å². The maximum atomic E-state index is 13.6. The summed E-state index contributed by atoms with van der Waals surface area (Å²) in [5, 5.41) is 9.60. The Kier molecular flexibility index (Phi) is 2.59. The van der Waals surface area contributed by atoms with Gasteiger partial charge in [0.1, 0.15) is 17.2 Å². The first-order valence-electron chi connectivity index (χ1n) is 4.94. The van der Waals surface area contributed by atoms with Gasteiger partial charge in [-0.15, -0.1) is 0 Å². The van der Waals surface area contributed by atoms with Crippen molar-refractivity contribution in [3.8, 4) is 0 Å². The van der Waals surface area contributed by atoms with Crippen molar-refractivity contribution in [3.63, 3.8) is 0 Å². The van der Waals surface area contributed by atoms with E-state index in [1.165, 1.54) is 6.92 Å². The van der Waals surface area contributed by atoms with Crippen molar-refractivity contribution in [2.24, 2.45) is 0 Å². The highest BCUT2D eigenvalue weighted by atomic mass is 19.1. The van der Waals surface area contributed by atoms with Crippen molar-refractivity contribution >= 4 is 10.9 Å². The summed E-state index contributed by atoms with van der Waals surface area (Å²) in [6.45, 7) is 3.19. The summed E-state index contributed by atoms with van der Waals surface area (Å²) < 4.78 is 27.1. The maximum absolute atomic E-state index is 13.6. The predicted octanol–water partition coefficient (Wildman–Crippen LogP) is 2.87. The molecule has 1 unspecified atom stereocenters. The van der Waals surface area contributed by atoms with Gasteiger partial charge in [-0.1, -0.05) is 0 Å². The van der Waals surface area contributed by atoms with Gasteiger partial charge in [-0.25, -0.2) is 13.8 Å². The monoisotopic (exact) mass is 223 g/mol. The first-order chi connectivity index (χ1) is 7.50. The number of pyridine rings is 1. The number of hydrogen-bond acceptors (Lipinski definition) is 2. The van der Waals surface area contributed by atoms with E-state index < -0.39 is 17.7 Å². The molecule has 0 bridgehead atoms. The molecule has 1 aromatic heterocycles. The molecule has 1 heterocycles. The lowest BCUT2D eigenvalue weighted by Crippen LogP contribution is -2.00. The standard InChI is InChI=1S/C12H11F2NO/c1-6-5-8(7(2)16)11-9(13)3-4-10(14)12(11)15-6/h3-5,7,16H,1-2H3. The van der Waals surface area contributed by atoms with E-state index in [4.69, 9.17) is 0 Å². The Morgan fingerprint density at radius 1 is 1.25 bits per heavy atom. The van der Waals surface area contributed by atoms with E-state index in [0.717, 1.165) is 12.1 Å². The summed E-state index contributed by atoms with van der Waals surface area (Å²) in [6, 6.07) is 3.64. The van der Waals surface area contributed by atoms with Gasteiger partial charge in [-0.2, -0.15) is 0 Å². The normalized spacial score (nSPS) is 13.1. The average molecular weight is 223 g/mol. The Labute approximate surface area is 91.6 Å². The molecule has 0 fully saturated rings. The van der Waals surface area contributed by atoms with Gasteiger partial charge in [0, 0.05) is 11.1 Å². The molecule has 0 amide bonds. The van der Waals surface area contributed by atoms with E-state index in [9.17, 15) is 13.9 Å². The molecule has 84 valence electrons. The van der Waals surface area contributed by atoms with E-state index >= 15 is 0 Å². The van der Waals surface area contributed by atoms with Crippen LogP contribution in [0.5, 0.6) is 0 Å². The van der Waals surface area contributed by atoms with Crippen molar-refractivity contribution in [3.05, 3.63) is 41.1 Å². The van der Waals surface area contributed by atoms with Crippen LogP contribution in [0.2, 0.25) is 0 Å². The zero-order chi connectivity index (χ0) is 11.9. The summed E-state index contributed by atoms with van der Waals surface area (Å²) in [7, 11) is 0. The van der Waals surface area contributed by atoms with E-state index in [0.29, 0.717) is 11.3 Å². The minimum atomic E-state index is -0.861. The number of fused-ring (bicyclic) bond motifs is 1. The second-order valence-electron chi connectivity index (χ2n) is 3.78. The maximum Gasteiger partial charge on any atom is 0.149 e. The Morgan fingerprint density at radius 2 is 1.88 bits per heavy atom.